The molecule has 0 aromatic heterocycles. The molecule has 0 bridgehead atoms. The van der Waals surface area contributed by atoms with Crippen molar-refractivity contribution in [3.05, 3.63) is 17.4 Å². The van der Waals surface area contributed by atoms with Gasteiger partial charge in [0, 0.05) is 0 Å². The lowest BCUT2D eigenvalue weighted by molar-refractivity contribution is -0.144. The van der Waals surface area contributed by atoms with Crippen LogP contribution in [-0.4, -0.2) is 53.3 Å². The molecule has 6 heteroatoms. The summed E-state index contributed by atoms with van der Waals surface area (Å²) in [6.45, 7) is 2.88. The van der Waals surface area contributed by atoms with Crippen molar-refractivity contribution in [2.75, 3.05) is 6.61 Å². The fourth-order valence-corrected chi connectivity index (χ4v) is 1.60. The predicted molar refractivity (Wildman–Crippen MR) is 58.2 cm³/mol. The Morgan fingerprint density at radius 1 is 1.62 bits per heavy atom. The number of hydrogen-bond donors (Lipinski definition) is 3. The molecule has 0 aromatic carbocycles. The quantitative estimate of drug-likeness (QED) is 0.413. The number of aliphatic hydroxyl groups excluding tert-OH is 2. The smallest absolute Gasteiger partial charge is 0.202 e. The Morgan fingerprint density at radius 2 is 2.19 bits per heavy atom. The molecule has 4 nitrogen and oxygen atoms in total. The van der Waals surface area contributed by atoms with Crippen LogP contribution in [0.15, 0.2) is 17.4 Å². The first-order chi connectivity index (χ1) is 7.24. The van der Waals surface area contributed by atoms with E-state index in [0.717, 1.165) is 19.5 Å². The van der Waals surface area contributed by atoms with Gasteiger partial charge in [0.25, 0.3) is 0 Å². The summed E-state index contributed by atoms with van der Waals surface area (Å²) in [5.74, 6) is -2.46. The van der Waals surface area contributed by atoms with Gasteiger partial charge in [-0.05, 0) is 25.5 Å². The van der Waals surface area contributed by atoms with Gasteiger partial charge in [0.1, 0.15) is 12.2 Å². The van der Waals surface area contributed by atoms with E-state index in [9.17, 15) is 14.6 Å². The SMILES string of the molecule is B[C@]1(F)O[C@H](CO)C(O)[C@]1(O)C=C=C(C)C. The maximum atomic E-state index is 14.0. The van der Waals surface area contributed by atoms with Gasteiger partial charge in [0.05, 0.1) is 6.61 Å². The lowest BCUT2D eigenvalue weighted by Gasteiger charge is -2.29. The molecule has 0 saturated carbocycles. The molecule has 4 atom stereocenters. The van der Waals surface area contributed by atoms with Crippen LogP contribution in [0.3, 0.4) is 0 Å². The molecule has 0 aromatic rings. The maximum absolute atomic E-state index is 14.0. The topological polar surface area (TPSA) is 69.9 Å². The summed E-state index contributed by atoms with van der Waals surface area (Å²) in [6.07, 6.45) is -1.63. The standard InChI is InChI=1S/C10H16BFO4/c1-6(2)3-4-9(15)8(14)7(5-13)16-10(9,11)12/h4,7-8,13-15H,5,11H2,1-2H3/t7-,8?,9-,10-/m1/s1. The minimum Gasteiger partial charge on any atom is -0.394 e. The first kappa shape index (κ1) is 13.4. The molecule has 16 heavy (non-hydrogen) atoms. The number of hydrogen-bond acceptors (Lipinski definition) is 4. The van der Waals surface area contributed by atoms with Crippen LogP contribution in [0.2, 0.25) is 0 Å². The van der Waals surface area contributed by atoms with Gasteiger partial charge in [-0.3, -0.25) is 0 Å². The van der Waals surface area contributed by atoms with Crippen LogP contribution in [0.25, 0.3) is 0 Å². The Labute approximate surface area is 94.5 Å². The molecule has 1 fully saturated rings. The van der Waals surface area contributed by atoms with Crippen LogP contribution in [0.1, 0.15) is 13.8 Å². The van der Waals surface area contributed by atoms with Crippen LogP contribution >= 0.6 is 0 Å². The van der Waals surface area contributed by atoms with Crippen LogP contribution < -0.4 is 0 Å². The second-order valence-electron chi connectivity index (χ2n) is 4.31. The highest BCUT2D eigenvalue weighted by molar-refractivity contribution is 6.14. The Balaban J connectivity index is 3.14. The van der Waals surface area contributed by atoms with Crippen molar-refractivity contribution >= 4 is 7.85 Å². The van der Waals surface area contributed by atoms with Crippen molar-refractivity contribution in [2.45, 2.75) is 37.4 Å². The number of halogens is 1. The van der Waals surface area contributed by atoms with E-state index in [1.54, 1.807) is 13.8 Å². The van der Waals surface area contributed by atoms with Gasteiger partial charge in [-0.2, -0.15) is 0 Å². The van der Waals surface area contributed by atoms with Gasteiger partial charge in [-0.1, -0.05) is 0 Å². The number of alkyl halides is 1. The average Bonchev–Trinajstić information content (AvgIpc) is 2.36. The molecule has 0 radical (unpaired) electrons. The summed E-state index contributed by atoms with van der Waals surface area (Å²) in [6, 6.07) is 0. The highest BCUT2D eigenvalue weighted by Crippen LogP contribution is 2.39. The monoisotopic (exact) mass is 230 g/mol. The summed E-state index contributed by atoms with van der Waals surface area (Å²) in [7, 11) is 1.01. The molecule has 90 valence electrons. The zero-order valence-corrected chi connectivity index (χ0v) is 9.57. The van der Waals surface area contributed by atoms with Gasteiger partial charge < -0.3 is 20.1 Å². The van der Waals surface area contributed by atoms with Crippen LogP contribution in [-0.2, 0) is 4.74 Å². The van der Waals surface area contributed by atoms with Gasteiger partial charge >= 0.3 is 0 Å². The molecule has 0 spiro atoms. The summed E-state index contributed by atoms with van der Waals surface area (Å²) >= 11 is 0. The van der Waals surface area contributed by atoms with E-state index in [2.05, 4.69) is 5.73 Å². The first-order valence-corrected chi connectivity index (χ1v) is 5.03. The minimum atomic E-state index is -2.46. The zero-order chi connectivity index (χ0) is 12.6. The van der Waals surface area contributed by atoms with Crippen molar-refractivity contribution in [1.29, 1.82) is 0 Å². The van der Waals surface area contributed by atoms with E-state index in [-0.39, 0.29) is 0 Å². The Morgan fingerprint density at radius 3 is 2.56 bits per heavy atom. The van der Waals surface area contributed by atoms with Crippen molar-refractivity contribution in [1.82, 2.24) is 0 Å². The van der Waals surface area contributed by atoms with Crippen molar-refractivity contribution < 1.29 is 24.4 Å². The van der Waals surface area contributed by atoms with Crippen LogP contribution in [0, 0.1) is 0 Å². The lowest BCUT2D eigenvalue weighted by Crippen LogP contribution is -2.53. The predicted octanol–water partition coefficient (Wildman–Crippen LogP) is -1.15. The molecule has 1 aliphatic rings. The molecular formula is C10H16BFO4. The summed E-state index contributed by atoms with van der Waals surface area (Å²) < 4.78 is 18.7. The summed E-state index contributed by atoms with van der Waals surface area (Å²) in [4.78, 5) is 0. The Kier molecular flexibility index (Phi) is 3.62. The van der Waals surface area contributed by atoms with Gasteiger partial charge in [-0.15, -0.1) is 5.73 Å². The fraction of sp³-hybridized carbons (Fsp3) is 0.700. The van der Waals surface area contributed by atoms with Crippen LogP contribution in [0.4, 0.5) is 4.39 Å². The fourth-order valence-electron chi connectivity index (χ4n) is 1.60. The van der Waals surface area contributed by atoms with Crippen molar-refractivity contribution in [3.8, 4) is 0 Å². The van der Waals surface area contributed by atoms with E-state index in [0.29, 0.717) is 0 Å². The summed E-state index contributed by atoms with van der Waals surface area (Å²) in [5.41, 5.74) is 1.17. The molecule has 1 unspecified atom stereocenters. The highest BCUT2D eigenvalue weighted by Gasteiger charge is 2.61. The Hall–Kier alpha value is -0.645. The highest BCUT2D eigenvalue weighted by atomic mass is 19.2. The number of rotatable bonds is 2. The molecule has 1 saturated heterocycles. The average molecular weight is 230 g/mol. The summed E-state index contributed by atoms with van der Waals surface area (Å²) in [5, 5.41) is 28.6. The molecule has 0 amide bonds. The van der Waals surface area contributed by atoms with Crippen molar-refractivity contribution in [3.63, 3.8) is 0 Å². The molecule has 1 aliphatic heterocycles. The van der Waals surface area contributed by atoms with Crippen molar-refractivity contribution in [2.24, 2.45) is 0 Å². The van der Waals surface area contributed by atoms with Gasteiger partial charge in [-0.25, -0.2) is 4.39 Å². The third kappa shape index (κ3) is 2.07. The van der Waals surface area contributed by atoms with Gasteiger partial charge in [0.2, 0.25) is 5.75 Å². The van der Waals surface area contributed by atoms with E-state index in [1.807, 2.05) is 0 Å². The maximum Gasteiger partial charge on any atom is 0.202 e. The van der Waals surface area contributed by atoms with E-state index in [4.69, 9.17) is 9.84 Å². The lowest BCUT2D eigenvalue weighted by atomic mass is 9.77. The van der Waals surface area contributed by atoms with Crippen LogP contribution in [0.5, 0.6) is 0 Å². The van der Waals surface area contributed by atoms with E-state index >= 15 is 0 Å². The third-order valence-corrected chi connectivity index (χ3v) is 2.65. The Bertz CT molecular complexity index is 334. The number of aliphatic hydroxyl groups is 3. The zero-order valence-electron chi connectivity index (χ0n) is 9.57. The number of ether oxygens (including phenoxy) is 1. The molecular weight excluding hydrogens is 214 g/mol. The first-order valence-electron chi connectivity index (χ1n) is 5.03. The third-order valence-electron chi connectivity index (χ3n) is 2.65. The second kappa shape index (κ2) is 4.32. The molecule has 1 rings (SSSR count). The second-order valence-corrected chi connectivity index (χ2v) is 4.31. The normalized spacial score (nSPS) is 42.9. The molecule has 1 heterocycles. The minimum absolute atomic E-state index is 0.564. The molecule has 0 aliphatic carbocycles. The van der Waals surface area contributed by atoms with Gasteiger partial charge in [0.15, 0.2) is 13.4 Å². The molecule has 3 N–H and O–H groups in total. The van der Waals surface area contributed by atoms with E-state index in [1.165, 1.54) is 0 Å². The van der Waals surface area contributed by atoms with E-state index < -0.39 is 30.2 Å². The largest absolute Gasteiger partial charge is 0.394 e.